The average Bonchev–Trinajstić information content (AvgIpc) is 3.10. The molecule has 0 amide bonds. The summed E-state index contributed by atoms with van der Waals surface area (Å²) >= 11 is 0. The van der Waals surface area contributed by atoms with Crippen LogP contribution in [0.1, 0.15) is 11.1 Å². The molecule has 20 heteroatoms. The van der Waals surface area contributed by atoms with Crippen molar-refractivity contribution in [1.29, 1.82) is 0 Å². The summed E-state index contributed by atoms with van der Waals surface area (Å²) in [5, 5.41) is 35.3. The van der Waals surface area contributed by atoms with Crippen LogP contribution in [-0.2, 0) is 20.2 Å². The predicted molar refractivity (Wildman–Crippen MR) is 217 cm³/mol. The van der Waals surface area contributed by atoms with Gasteiger partial charge in [0.25, 0.3) is 20.2 Å². The molecule has 56 heavy (non-hydrogen) atoms. The van der Waals surface area contributed by atoms with Crippen LogP contribution in [0.2, 0.25) is 0 Å². The van der Waals surface area contributed by atoms with E-state index in [1.54, 1.807) is 67.6 Å². The van der Waals surface area contributed by atoms with Gasteiger partial charge < -0.3 is 22.3 Å². The van der Waals surface area contributed by atoms with Gasteiger partial charge in [-0.1, -0.05) is 30.3 Å². The average molecular weight is 812 g/mol. The summed E-state index contributed by atoms with van der Waals surface area (Å²) in [5.41, 5.74) is 22.2. The fourth-order valence-electron chi connectivity index (χ4n) is 5.48. The van der Waals surface area contributed by atoms with Gasteiger partial charge in [0.05, 0.1) is 33.8 Å². The molecule has 0 aliphatic carbocycles. The van der Waals surface area contributed by atoms with Crippen molar-refractivity contribution in [2.75, 3.05) is 17.2 Å². The number of benzene rings is 6. The van der Waals surface area contributed by atoms with Crippen molar-refractivity contribution in [2.24, 2.45) is 30.7 Å². The van der Waals surface area contributed by atoms with Gasteiger partial charge in [0.2, 0.25) is 0 Å². The van der Waals surface area contributed by atoms with E-state index in [-0.39, 0.29) is 69.9 Å². The number of nitrogens with two attached hydrogens (primary N) is 3. The fourth-order valence-corrected chi connectivity index (χ4v) is 6.81. The summed E-state index contributed by atoms with van der Waals surface area (Å²) in [6, 6.07) is 25.6. The second kappa shape index (κ2) is 17.7. The predicted octanol–water partition coefficient (Wildman–Crippen LogP) is 8.55. The van der Waals surface area contributed by atoms with Crippen LogP contribution in [0.15, 0.2) is 138 Å². The maximum Gasteiger partial charge on any atom is 0.296 e. The molecule has 16 nitrogen and oxygen atoms in total. The number of fused-ring (bicyclic) bond motifs is 1. The Bertz CT molecular complexity index is 2800. The van der Waals surface area contributed by atoms with E-state index in [2.05, 4.69) is 30.7 Å². The first kappa shape index (κ1) is 44.1. The second-order valence-electron chi connectivity index (χ2n) is 12.0. The Morgan fingerprint density at radius 1 is 0.554 bits per heavy atom. The van der Waals surface area contributed by atoms with Crippen LogP contribution in [0.3, 0.4) is 0 Å². The molecule has 2 radical (unpaired) electrons. The number of hydrogen-bond donors (Lipinski definition) is 6. The molecule has 0 spiro atoms. The monoisotopic (exact) mass is 811 g/mol. The number of phenols is 1. The summed E-state index contributed by atoms with van der Waals surface area (Å²) in [6.07, 6.45) is 0. The number of hydrogen-bond acceptors (Lipinski definition) is 14. The zero-order chi connectivity index (χ0) is 38.9. The quantitative estimate of drug-likeness (QED) is 0.0350. The zero-order valence-corrected chi connectivity index (χ0v) is 36.1. The number of rotatable bonds is 9. The third-order valence-electron chi connectivity index (χ3n) is 8.19. The van der Waals surface area contributed by atoms with E-state index in [1.807, 2.05) is 31.2 Å². The summed E-state index contributed by atoms with van der Waals surface area (Å²) in [4.78, 5) is -1.73. The van der Waals surface area contributed by atoms with Gasteiger partial charge in [-0.3, -0.25) is 9.11 Å². The molecule has 276 valence electrons. The molecule has 0 aliphatic heterocycles. The largest absolute Gasteiger partial charge is 0.505 e. The first-order valence-electron chi connectivity index (χ1n) is 15.8. The molecule has 0 heterocycles. The number of nitrogen functional groups attached to an aromatic ring is 3. The second-order valence-corrected chi connectivity index (χ2v) is 14.8. The Balaban J connectivity index is 0.00000348. The summed E-state index contributed by atoms with van der Waals surface area (Å²) in [7, 11) is -10.1. The fraction of sp³-hybridized carbons (Fsp3) is 0.0556. The molecule has 0 unspecified atom stereocenters. The molecule has 0 aromatic heterocycles. The van der Waals surface area contributed by atoms with Crippen molar-refractivity contribution in [3.05, 3.63) is 108 Å². The van der Waals surface area contributed by atoms with Gasteiger partial charge in [-0.25, -0.2) is 0 Å². The molecule has 9 N–H and O–H groups in total. The Hall–Kier alpha value is -4.60. The molecule has 6 aromatic carbocycles. The Morgan fingerprint density at radius 3 is 1.55 bits per heavy atom. The molecule has 0 bridgehead atoms. The van der Waals surface area contributed by atoms with Crippen molar-refractivity contribution in [3.63, 3.8) is 0 Å². The minimum atomic E-state index is -5.05. The van der Waals surface area contributed by atoms with Crippen molar-refractivity contribution < 1.29 is 31.0 Å². The minimum absolute atomic E-state index is 0. The van der Waals surface area contributed by atoms with E-state index in [4.69, 9.17) is 17.2 Å². The molecular formula is C36H31N9Na2O7S2. The Labute approximate surface area is 365 Å². The molecule has 0 atom stereocenters. The molecule has 0 saturated carbocycles. The van der Waals surface area contributed by atoms with Crippen LogP contribution >= 0.6 is 0 Å². The van der Waals surface area contributed by atoms with E-state index < -0.39 is 52.8 Å². The molecule has 0 aliphatic rings. The van der Waals surface area contributed by atoms with E-state index >= 15 is 0 Å². The molecular weight excluding hydrogens is 781 g/mol. The van der Waals surface area contributed by atoms with Gasteiger partial charge in [-0.05, 0) is 108 Å². The number of nitrogens with zero attached hydrogens (tertiary/aromatic N) is 6. The van der Waals surface area contributed by atoms with Crippen molar-refractivity contribution in [3.8, 4) is 16.9 Å². The van der Waals surface area contributed by atoms with Crippen LogP contribution in [0, 0.1) is 13.8 Å². The first-order chi connectivity index (χ1) is 25.5. The third kappa shape index (κ3) is 9.67. The first-order valence-corrected chi connectivity index (χ1v) is 18.6. The summed E-state index contributed by atoms with van der Waals surface area (Å²) in [5.74, 6) is -0.853. The molecule has 0 fully saturated rings. The maximum atomic E-state index is 12.5. The maximum absolute atomic E-state index is 12.5. The van der Waals surface area contributed by atoms with Crippen LogP contribution < -0.4 is 17.2 Å². The normalized spacial score (nSPS) is 12.0. The standard InChI is InChI=1S/C36H31N9O7S2.2Na/c1-19-14-21(8-11-27(19)41-43-29-13-10-24(37)18-26(29)38)22-9-12-28(20(2)15-22)42-44-34-30(53(47,48)49)16-23-17-31(54(50,51)52)35(36(46)32(23)33(34)39)45-40-25-6-4-3-5-7-25;;/h3-18,46H,37-39H2,1-2H3,(H,47,48,49)(H,50,51,52);;. The van der Waals surface area contributed by atoms with Gasteiger partial charge >= 0.3 is 0 Å². The van der Waals surface area contributed by atoms with Gasteiger partial charge in [0.15, 0.2) is 5.75 Å². The van der Waals surface area contributed by atoms with Crippen molar-refractivity contribution in [1.82, 2.24) is 0 Å². The van der Waals surface area contributed by atoms with Gasteiger partial charge in [-0.15, -0.1) is 15.3 Å². The van der Waals surface area contributed by atoms with E-state index in [0.29, 0.717) is 39.7 Å². The van der Waals surface area contributed by atoms with Crippen LogP contribution in [0.5, 0.6) is 5.75 Å². The van der Waals surface area contributed by atoms with Gasteiger partial charge in [0, 0.05) is 64.8 Å². The van der Waals surface area contributed by atoms with E-state index in [1.165, 1.54) is 0 Å². The Kier molecular flexibility index (Phi) is 13.9. The Morgan fingerprint density at radius 2 is 1.04 bits per heavy atom. The number of aromatic hydroxyl groups is 1. The van der Waals surface area contributed by atoms with Crippen molar-refractivity contribution in [2.45, 2.75) is 23.6 Å². The zero-order valence-electron chi connectivity index (χ0n) is 30.4. The minimum Gasteiger partial charge on any atom is -0.505 e. The van der Waals surface area contributed by atoms with Crippen LogP contribution in [0.4, 0.5) is 51.2 Å². The summed E-state index contributed by atoms with van der Waals surface area (Å²) in [6.45, 7) is 3.64. The van der Waals surface area contributed by atoms with Crippen LogP contribution in [0.25, 0.3) is 21.9 Å². The number of azo groups is 3. The van der Waals surface area contributed by atoms with E-state index in [0.717, 1.165) is 28.8 Å². The number of aryl methyl sites for hydroxylation is 2. The van der Waals surface area contributed by atoms with E-state index in [9.17, 15) is 31.0 Å². The number of anilines is 3. The molecule has 0 saturated heterocycles. The third-order valence-corrected chi connectivity index (χ3v) is 9.93. The van der Waals surface area contributed by atoms with Crippen molar-refractivity contribution >= 4 is 141 Å². The number of phenolic OH excluding ortho intramolecular Hbond substituents is 1. The molecule has 6 rings (SSSR count). The SMILES string of the molecule is Cc1cc(-c2ccc(N=Nc3c(S(=O)(=O)O)cc4cc(S(=O)(=O)O)c(N=Nc5ccccc5)c(O)c4c3N)c(C)c2)ccc1N=Nc1ccc(N)cc1N.[Na].[Na]. The molecule has 6 aromatic rings. The summed E-state index contributed by atoms with van der Waals surface area (Å²) < 4.78 is 69.8. The van der Waals surface area contributed by atoms with Crippen LogP contribution in [-0.4, -0.2) is 90.2 Å². The smallest absolute Gasteiger partial charge is 0.296 e. The topological polar surface area (TPSA) is 281 Å². The van der Waals surface area contributed by atoms with Gasteiger partial charge in [-0.2, -0.15) is 32.2 Å². The van der Waals surface area contributed by atoms with Gasteiger partial charge in [0.1, 0.15) is 26.9 Å².